The minimum Gasteiger partial charge on any atom is -0.481 e. The Balaban J connectivity index is 1.14. The van der Waals surface area contributed by atoms with Gasteiger partial charge in [-0.15, -0.1) is 0 Å². The molecule has 2 amide bonds. The number of fused-ring (bicyclic) bond motifs is 3. The molecule has 0 radical (unpaired) electrons. The van der Waals surface area contributed by atoms with Crippen molar-refractivity contribution < 1.29 is 29.0 Å². The van der Waals surface area contributed by atoms with Crippen molar-refractivity contribution in [1.82, 2.24) is 10.6 Å². The van der Waals surface area contributed by atoms with E-state index in [-0.39, 0.29) is 43.5 Å². The fourth-order valence-electron chi connectivity index (χ4n) is 5.72. The van der Waals surface area contributed by atoms with Gasteiger partial charge in [-0.25, -0.2) is 4.79 Å². The largest absolute Gasteiger partial charge is 0.481 e. The van der Waals surface area contributed by atoms with E-state index in [2.05, 4.69) is 34.9 Å². The molecule has 2 aromatic carbocycles. The average Bonchev–Trinajstić information content (AvgIpc) is 3.59. The molecule has 1 saturated carbocycles. The van der Waals surface area contributed by atoms with E-state index in [4.69, 9.17) is 9.47 Å². The molecule has 3 aliphatic rings. The van der Waals surface area contributed by atoms with Crippen LogP contribution in [-0.4, -0.2) is 55.5 Å². The Labute approximate surface area is 204 Å². The first-order valence-electron chi connectivity index (χ1n) is 12.2. The molecule has 3 N–H and O–H groups in total. The molecule has 1 aliphatic heterocycles. The lowest BCUT2D eigenvalue weighted by molar-refractivity contribution is -0.142. The van der Waals surface area contributed by atoms with E-state index in [1.165, 1.54) is 11.1 Å². The Morgan fingerprint density at radius 2 is 1.63 bits per heavy atom. The summed E-state index contributed by atoms with van der Waals surface area (Å²) in [6.07, 6.45) is 1.94. The Bertz CT molecular complexity index is 1070. The fourth-order valence-corrected chi connectivity index (χ4v) is 5.72. The molecule has 2 fully saturated rings. The average molecular weight is 479 g/mol. The molecule has 1 saturated heterocycles. The maximum Gasteiger partial charge on any atom is 0.407 e. The van der Waals surface area contributed by atoms with Gasteiger partial charge >= 0.3 is 12.1 Å². The maximum absolute atomic E-state index is 12.9. The summed E-state index contributed by atoms with van der Waals surface area (Å²) in [6, 6.07) is 15.9. The maximum atomic E-state index is 12.9. The summed E-state index contributed by atoms with van der Waals surface area (Å²) in [5.41, 5.74) is 4.67. The third kappa shape index (κ3) is 4.75. The van der Waals surface area contributed by atoms with E-state index in [1.54, 1.807) is 0 Å². The smallest absolute Gasteiger partial charge is 0.407 e. The lowest BCUT2D eigenvalue weighted by Crippen LogP contribution is -2.46. The third-order valence-corrected chi connectivity index (χ3v) is 7.57. The van der Waals surface area contributed by atoms with Crippen molar-refractivity contribution in [1.29, 1.82) is 0 Å². The van der Waals surface area contributed by atoms with Gasteiger partial charge in [-0.3, -0.25) is 9.59 Å². The topological polar surface area (TPSA) is 114 Å². The number of alkyl carbamates (subject to hydrolysis) is 1. The van der Waals surface area contributed by atoms with E-state index in [0.717, 1.165) is 24.0 Å². The molecule has 4 atom stereocenters. The Morgan fingerprint density at radius 1 is 0.943 bits per heavy atom. The Hall–Kier alpha value is -3.39. The van der Waals surface area contributed by atoms with Crippen LogP contribution in [-0.2, 0) is 19.1 Å². The number of hydrogen-bond acceptors (Lipinski definition) is 5. The highest BCUT2D eigenvalue weighted by Gasteiger charge is 2.39. The number of ether oxygens (including phenoxy) is 2. The van der Waals surface area contributed by atoms with Gasteiger partial charge in [0.1, 0.15) is 12.5 Å². The molecule has 0 bridgehead atoms. The van der Waals surface area contributed by atoms with E-state index in [1.807, 2.05) is 24.3 Å². The standard InChI is InChI=1S/C27H30N2O6/c30-25(29-24-15-34-13-23(24)26(31)32)17-11-5-6-16(17)12-28-27(33)35-14-22-20-9-3-1-7-18(20)19-8-2-4-10-21(19)22/h1-4,7-10,16-17,22-24H,5-6,11-15H2,(H,28,33)(H,29,30)(H,31,32)/t16-,17-,23?,24?/m1/s1. The SMILES string of the molecule is O=C(NC[C@H]1CCC[C@H]1C(=O)NC1COCC1C(=O)O)OCC1c2ccccc2-c2ccccc21. The molecule has 8 nitrogen and oxygen atoms in total. The van der Waals surface area contributed by atoms with E-state index in [9.17, 15) is 19.5 Å². The first kappa shape index (κ1) is 23.4. The number of amides is 2. The molecule has 184 valence electrons. The van der Waals surface area contributed by atoms with Crippen LogP contribution in [0.3, 0.4) is 0 Å². The fraction of sp³-hybridized carbons (Fsp3) is 0.444. The minimum atomic E-state index is -0.965. The molecule has 8 heteroatoms. The van der Waals surface area contributed by atoms with Gasteiger partial charge in [-0.2, -0.15) is 0 Å². The molecular weight excluding hydrogens is 448 g/mol. The number of carbonyl (C=O) groups is 3. The van der Waals surface area contributed by atoms with Crippen molar-refractivity contribution in [3.63, 3.8) is 0 Å². The second-order valence-electron chi connectivity index (χ2n) is 9.60. The number of carboxylic acids is 1. The highest BCUT2D eigenvalue weighted by Crippen LogP contribution is 2.44. The highest BCUT2D eigenvalue weighted by molar-refractivity contribution is 5.81. The van der Waals surface area contributed by atoms with Crippen LogP contribution >= 0.6 is 0 Å². The number of rotatable bonds is 7. The van der Waals surface area contributed by atoms with Crippen molar-refractivity contribution >= 4 is 18.0 Å². The summed E-state index contributed by atoms with van der Waals surface area (Å²) in [5, 5.41) is 15.0. The summed E-state index contributed by atoms with van der Waals surface area (Å²) >= 11 is 0. The first-order chi connectivity index (χ1) is 17.0. The van der Waals surface area contributed by atoms with Crippen LogP contribution in [0, 0.1) is 17.8 Å². The lowest BCUT2D eigenvalue weighted by Gasteiger charge is -2.23. The summed E-state index contributed by atoms with van der Waals surface area (Å²) in [6.45, 7) is 0.904. The van der Waals surface area contributed by atoms with Gasteiger partial charge < -0.3 is 25.2 Å². The van der Waals surface area contributed by atoms with Crippen LogP contribution in [0.5, 0.6) is 0 Å². The van der Waals surface area contributed by atoms with Gasteiger partial charge in [-0.05, 0) is 41.0 Å². The van der Waals surface area contributed by atoms with Crippen molar-refractivity contribution in [3.05, 3.63) is 59.7 Å². The molecule has 2 unspecified atom stereocenters. The number of carboxylic acid groups (broad SMARTS) is 1. The van der Waals surface area contributed by atoms with Gasteiger partial charge in [0.05, 0.1) is 19.3 Å². The van der Waals surface area contributed by atoms with Crippen molar-refractivity contribution in [2.45, 2.75) is 31.2 Å². The molecule has 2 aromatic rings. The second kappa shape index (κ2) is 10.1. The van der Waals surface area contributed by atoms with Crippen LogP contribution in [0.2, 0.25) is 0 Å². The molecule has 2 aliphatic carbocycles. The monoisotopic (exact) mass is 478 g/mol. The Morgan fingerprint density at radius 3 is 2.31 bits per heavy atom. The minimum absolute atomic E-state index is 0.00558. The zero-order valence-electron chi connectivity index (χ0n) is 19.4. The first-order valence-corrected chi connectivity index (χ1v) is 12.2. The number of hydrogen-bond donors (Lipinski definition) is 3. The van der Waals surface area contributed by atoms with Crippen LogP contribution in [0.15, 0.2) is 48.5 Å². The van der Waals surface area contributed by atoms with Gasteiger partial charge in [0, 0.05) is 18.4 Å². The molecule has 0 aromatic heterocycles. The molecular formula is C27H30N2O6. The lowest BCUT2D eigenvalue weighted by atomic mass is 9.94. The quantitative estimate of drug-likeness (QED) is 0.563. The van der Waals surface area contributed by atoms with Crippen molar-refractivity contribution in [2.24, 2.45) is 17.8 Å². The number of benzene rings is 2. The van der Waals surface area contributed by atoms with Crippen LogP contribution in [0.4, 0.5) is 4.79 Å². The molecule has 5 rings (SSSR count). The van der Waals surface area contributed by atoms with Gasteiger partial charge in [0.15, 0.2) is 0 Å². The summed E-state index contributed by atoms with van der Waals surface area (Å²) in [4.78, 5) is 36.7. The molecule has 0 spiro atoms. The highest BCUT2D eigenvalue weighted by atomic mass is 16.5. The summed E-state index contributed by atoms with van der Waals surface area (Å²) in [7, 11) is 0. The zero-order valence-corrected chi connectivity index (χ0v) is 19.4. The third-order valence-electron chi connectivity index (χ3n) is 7.57. The van der Waals surface area contributed by atoms with Crippen LogP contribution in [0.1, 0.15) is 36.3 Å². The van der Waals surface area contributed by atoms with Crippen LogP contribution < -0.4 is 10.6 Å². The van der Waals surface area contributed by atoms with Crippen LogP contribution in [0.25, 0.3) is 11.1 Å². The molecule has 35 heavy (non-hydrogen) atoms. The zero-order chi connectivity index (χ0) is 24.4. The number of aliphatic carboxylic acids is 1. The molecule has 1 heterocycles. The van der Waals surface area contributed by atoms with E-state index >= 15 is 0 Å². The second-order valence-corrected chi connectivity index (χ2v) is 9.60. The van der Waals surface area contributed by atoms with E-state index < -0.39 is 24.0 Å². The van der Waals surface area contributed by atoms with Gasteiger partial charge in [0.2, 0.25) is 5.91 Å². The predicted octanol–water partition coefficient (Wildman–Crippen LogP) is 3.16. The summed E-state index contributed by atoms with van der Waals surface area (Å²) in [5.74, 6) is -2.14. The Kier molecular flexibility index (Phi) is 6.72. The van der Waals surface area contributed by atoms with Gasteiger partial charge in [0.25, 0.3) is 0 Å². The summed E-state index contributed by atoms with van der Waals surface area (Å²) < 4.78 is 10.9. The van der Waals surface area contributed by atoms with Crippen molar-refractivity contribution in [3.8, 4) is 11.1 Å². The number of carbonyl (C=O) groups excluding carboxylic acids is 2. The normalized spacial score (nSPS) is 25.0. The number of nitrogens with one attached hydrogen (secondary N) is 2. The van der Waals surface area contributed by atoms with Gasteiger partial charge in [-0.1, -0.05) is 55.0 Å². The van der Waals surface area contributed by atoms with E-state index in [0.29, 0.717) is 13.0 Å². The van der Waals surface area contributed by atoms with Crippen molar-refractivity contribution in [2.75, 3.05) is 26.4 Å². The predicted molar refractivity (Wildman–Crippen MR) is 128 cm³/mol.